The molecule has 10 heteroatoms. The number of carbonyl (C=O) groups is 2. The maximum Gasteiger partial charge on any atom is 0.289 e. The van der Waals surface area contributed by atoms with Gasteiger partial charge in [0.1, 0.15) is 6.61 Å². The topological polar surface area (TPSA) is 98.6 Å². The molecule has 0 spiro atoms. The molecule has 0 atom stereocenters. The molecule has 2 aromatic heterocycles. The highest BCUT2D eigenvalue weighted by atomic mass is 35.5. The first kappa shape index (κ1) is 20.5. The Morgan fingerprint density at radius 3 is 2.91 bits per heavy atom. The highest BCUT2D eigenvalue weighted by Gasteiger charge is 2.31. The van der Waals surface area contributed by atoms with Crippen molar-refractivity contribution < 1.29 is 14.3 Å². The summed E-state index contributed by atoms with van der Waals surface area (Å²) in [5, 5.41) is 10.7. The molecular weight excluding hydrogens is 450 g/mol. The van der Waals surface area contributed by atoms with Crippen LogP contribution in [0.3, 0.4) is 0 Å². The largest absolute Gasteiger partial charge is 0.463 e. The molecule has 2 aliphatic heterocycles. The summed E-state index contributed by atoms with van der Waals surface area (Å²) in [4.78, 5) is 33.7. The number of pyridine rings is 1. The van der Waals surface area contributed by atoms with Crippen LogP contribution in [-0.4, -0.2) is 40.9 Å². The number of rotatable bonds is 5. The van der Waals surface area contributed by atoms with Crippen molar-refractivity contribution in [2.45, 2.75) is 13.1 Å². The molecule has 2 N–H and O–H groups in total. The number of hydrogen-bond donors (Lipinski definition) is 2. The molecule has 162 valence electrons. The number of anilines is 2. The SMILES string of the molecule is N=C1OCCN1c1cccc(CN2Cc3c(NC(=O)c4ccc(Cl)s4)cncc3C2=O)c1. The Morgan fingerprint density at radius 1 is 1.28 bits per heavy atom. The predicted octanol–water partition coefficient (Wildman–Crippen LogP) is 3.98. The molecule has 0 saturated carbocycles. The van der Waals surface area contributed by atoms with Gasteiger partial charge in [0.25, 0.3) is 17.8 Å². The number of halogens is 1. The molecule has 0 bridgehead atoms. The van der Waals surface area contributed by atoms with Crippen LogP contribution in [0, 0.1) is 5.41 Å². The summed E-state index contributed by atoms with van der Waals surface area (Å²) in [7, 11) is 0. The number of carbonyl (C=O) groups excluding carboxylic acids is 2. The molecule has 2 amide bonds. The summed E-state index contributed by atoms with van der Waals surface area (Å²) < 4.78 is 5.76. The number of thiophene rings is 1. The van der Waals surface area contributed by atoms with Crippen LogP contribution >= 0.6 is 22.9 Å². The van der Waals surface area contributed by atoms with Crippen molar-refractivity contribution >= 4 is 52.1 Å². The van der Waals surface area contributed by atoms with Gasteiger partial charge in [-0.05, 0) is 29.8 Å². The van der Waals surface area contributed by atoms with E-state index in [2.05, 4.69) is 10.3 Å². The lowest BCUT2D eigenvalue weighted by Gasteiger charge is -2.19. The molecule has 5 rings (SSSR count). The lowest BCUT2D eigenvalue weighted by molar-refractivity contribution is 0.0766. The van der Waals surface area contributed by atoms with E-state index in [0.717, 1.165) is 16.8 Å². The number of fused-ring (bicyclic) bond motifs is 1. The minimum Gasteiger partial charge on any atom is -0.463 e. The second kappa shape index (κ2) is 8.25. The average Bonchev–Trinajstić information content (AvgIpc) is 3.49. The maximum atomic E-state index is 13.0. The summed E-state index contributed by atoms with van der Waals surface area (Å²) >= 11 is 7.12. The number of benzene rings is 1. The Kier molecular flexibility index (Phi) is 5.28. The first-order valence-electron chi connectivity index (χ1n) is 9.90. The van der Waals surface area contributed by atoms with Gasteiger partial charge in [0.15, 0.2) is 0 Å². The van der Waals surface area contributed by atoms with Crippen LogP contribution in [0.25, 0.3) is 0 Å². The second-order valence-corrected chi connectivity index (χ2v) is 9.12. The third kappa shape index (κ3) is 3.80. The van der Waals surface area contributed by atoms with Crippen LogP contribution in [-0.2, 0) is 17.8 Å². The van der Waals surface area contributed by atoms with Gasteiger partial charge in [-0.1, -0.05) is 23.7 Å². The van der Waals surface area contributed by atoms with E-state index in [9.17, 15) is 9.59 Å². The normalized spacial score (nSPS) is 15.2. The highest BCUT2D eigenvalue weighted by Crippen LogP contribution is 2.31. The van der Waals surface area contributed by atoms with Gasteiger partial charge in [-0.3, -0.25) is 24.9 Å². The van der Waals surface area contributed by atoms with Crippen LogP contribution in [0.4, 0.5) is 11.4 Å². The van der Waals surface area contributed by atoms with E-state index in [1.807, 2.05) is 24.3 Å². The minimum atomic E-state index is -0.286. The Hall–Kier alpha value is -3.43. The van der Waals surface area contributed by atoms with E-state index in [0.29, 0.717) is 46.7 Å². The molecule has 2 aliphatic rings. The molecule has 4 heterocycles. The first-order valence-corrected chi connectivity index (χ1v) is 11.1. The molecule has 1 saturated heterocycles. The van der Waals surface area contributed by atoms with E-state index >= 15 is 0 Å². The van der Waals surface area contributed by atoms with Gasteiger partial charge >= 0.3 is 0 Å². The van der Waals surface area contributed by atoms with Crippen LogP contribution in [0.15, 0.2) is 48.8 Å². The molecule has 32 heavy (non-hydrogen) atoms. The highest BCUT2D eigenvalue weighted by molar-refractivity contribution is 7.18. The summed E-state index contributed by atoms with van der Waals surface area (Å²) in [5.74, 6) is -0.420. The van der Waals surface area contributed by atoms with Gasteiger partial charge in [-0.25, -0.2) is 0 Å². The van der Waals surface area contributed by atoms with Gasteiger partial charge in [-0.15, -0.1) is 11.3 Å². The zero-order valence-corrected chi connectivity index (χ0v) is 18.4. The number of amides is 2. The van der Waals surface area contributed by atoms with Crippen molar-refractivity contribution in [1.82, 2.24) is 9.88 Å². The monoisotopic (exact) mass is 467 g/mol. The van der Waals surface area contributed by atoms with Crippen molar-refractivity contribution in [3.63, 3.8) is 0 Å². The van der Waals surface area contributed by atoms with Crippen LogP contribution < -0.4 is 10.2 Å². The van der Waals surface area contributed by atoms with Crippen LogP contribution in [0.1, 0.15) is 31.2 Å². The fourth-order valence-electron chi connectivity index (χ4n) is 3.83. The zero-order valence-electron chi connectivity index (χ0n) is 16.8. The Morgan fingerprint density at radius 2 is 2.16 bits per heavy atom. The van der Waals surface area contributed by atoms with E-state index in [1.54, 1.807) is 28.1 Å². The molecule has 3 aromatic rings. The minimum absolute atomic E-state index is 0.130. The molecule has 0 aliphatic carbocycles. The predicted molar refractivity (Wildman–Crippen MR) is 123 cm³/mol. The molecule has 8 nitrogen and oxygen atoms in total. The van der Waals surface area contributed by atoms with Crippen LogP contribution in [0.5, 0.6) is 0 Å². The zero-order chi connectivity index (χ0) is 22.2. The summed E-state index contributed by atoms with van der Waals surface area (Å²) in [6, 6.07) is 11.2. The number of nitrogens with zero attached hydrogens (tertiary/aromatic N) is 3. The molecule has 0 radical (unpaired) electrons. The maximum absolute atomic E-state index is 13.0. The Labute approximate surface area is 192 Å². The first-order chi connectivity index (χ1) is 15.5. The standard InChI is InChI=1S/C22H18ClN5O3S/c23-19-5-4-18(32-19)20(29)26-17-10-25-9-15-16(17)12-27(21(15)30)11-13-2-1-3-14(8-13)28-6-7-31-22(28)24/h1-5,8-10,24H,6-7,11-12H2,(H,26,29). The number of hydrogen-bond acceptors (Lipinski definition) is 6. The lowest BCUT2D eigenvalue weighted by atomic mass is 10.1. The number of aromatic nitrogens is 1. The van der Waals surface area contributed by atoms with Crippen molar-refractivity contribution in [2.75, 3.05) is 23.4 Å². The summed E-state index contributed by atoms with van der Waals surface area (Å²) in [5.41, 5.74) is 3.54. The van der Waals surface area contributed by atoms with Crippen molar-refractivity contribution in [3.8, 4) is 0 Å². The van der Waals surface area contributed by atoms with Crippen LogP contribution in [0.2, 0.25) is 4.34 Å². The summed E-state index contributed by atoms with van der Waals surface area (Å²) in [6.45, 7) is 1.88. The number of amidine groups is 1. The molecule has 0 unspecified atom stereocenters. The third-order valence-electron chi connectivity index (χ3n) is 5.36. The molecular formula is C22H18ClN5O3S. The number of ether oxygens (including phenoxy) is 1. The lowest BCUT2D eigenvalue weighted by Crippen LogP contribution is -2.25. The summed E-state index contributed by atoms with van der Waals surface area (Å²) in [6.07, 6.45) is 3.09. The van der Waals surface area contributed by atoms with Gasteiger partial charge in [0, 0.05) is 30.5 Å². The van der Waals surface area contributed by atoms with Gasteiger partial charge in [-0.2, -0.15) is 0 Å². The van der Waals surface area contributed by atoms with Crippen molar-refractivity contribution in [2.24, 2.45) is 0 Å². The Bertz CT molecular complexity index is 1240. The smallest absolute Gasteiger partial charge is 0.289 e. The second-order valence-electron chi connectivity index (χ2n) is 7.41. The third-order valence-corrected chi connectivity index (χ3v) is 6.59. The molecule has 1 aromatic carbocycles. The quantitative estimate of drug-likeness (QED) is 0.591. The number of nitrogens with one attached hydrogen (secondary N) is 2. The van der Waals surface area contributed by atoms with Gasteiger partial charge < -0.3 is 15.0 Å². The fraction of sp³-hybridized carbons (Fsp3) is 0.182. The van der Waals surface area contributed by atoms with E-state index in [4.69, 9.17) is 21.7 Å². The average molecular weight is 468 g/mol. The fourth-order valence-corrected chi connectivity index (χ4v) is 4.77. The molecule has 1 fully saturated rings. The van der Waals surface area contributed by atoms with Gasteiger partial charge in [0.05, 0.1) is 33.2 Å². The van der Waals surface area contributed by atoms with Crippen molar-refractivity contribution in [1.29, 1.82) is 5.41 Å². The van der Waals surface area contributed by atoms with E-state index in [-0.39, 0.29) is 17.8 Å². The van der Waals surface area contributed by atoms with E-state index < -0.39 is 0 Å². The van der Waals surface area contributed by atoms with Gasteiger partial charge in [0.2, 0.25) is 0 Å². The van der Waals surface area contributed by atoms with Crippen molar-refractivity contribution in [3.05, 3.63) is 74.7 Å². The Balaban J connectivity index is 1.34. The van der Waals surface area contributed by atoms with E-state index in [1.165, 1.54) is 17.5 Å².